The molecule has 0 aliphatic carbocycles. The van der Waals surface area contributed by atoms with E-state index in [1.807, 2.05) is 0 Å². The summed E-state index contributed by atoms with van der Waals surface area (Å²) >= 11 is 0. The van der Waals surface area contributed by atoms with E-state index in [-0.39, 0.29) is 22.9 Å². The number of imide groups is 2. The van der Waals surface area contributed by atoms with Crippen LogP contribution in [0.2, 0.25) is 0 Å². The van der Waals surface area contributed by atoms with E-state index in [1.165, 1.54) is 0 Å². The highest BCUT2D eigenvalue weighted by molar-refractivity contribution is 6.39. The van der Waals surface area contributed by atoms with Crippen LogP contribution in [0, 0.1) is 0 Å². The number of carbonyl (C=O) groups is 4. The van der Waals surface area contributed by atoms with Crippen molar-refractivity contribution in [1.82, 2.24) is 10.0 Å². The van der Waals surface area contributed by atoms with Gasteiger partial charge >= 0.3 is 11.8 Å². The van der Waals surface area contributed by atoms with E-state index in [9.17, 15) is 19.2 Å². The quantitative estimate of drug-likeness (QED) is 0.289. The SMILES string of the molecule is CCCC(=O)N(N)C(=O)C(=O)N(N)C(=O)CCC. The summed E-state index contributed by atoms with van der Waals surface area (Å²) in [6.45, 7) is 3.44. The summed E-state index contributed by atoms with van der Waals surface area (Å²) in [6.07, 6.45) is 1.02. The van der Waals surface area contributed by atoms with Crippen molar-refractivity contribution in [2.24, 2.45) is 11.7 Å². The molecule has 0 spiro atoms. The summed E-state index contributed by atoms with van der Waals surface area (Å²) < 4.78 is 0. The molecule has 8 heteroatoms. The minimum Gasteiger partial charge on any atom is -0.273 e. The third-order valence-electron chi connectivity index (χ3n) is 2.09. The maximum absolute atomic E-state index is 11.5. The number of hydrazine groups is 2. The fourth-order valence-corrected chi connectivity index (χ4v) is 1.10. The molecule has 4 N–H and O–H groups in total. The molecular formula is C10H18N4O4. The molecule has 0 saturated carbocycles. The van der Waals surface area contributed by atoms with E-state index in [0.29, 0.717) is 12.8 Å². The second-order valence-corrected chi connectivity index (χ2v) is 3.64. The Hall–Kier alpha value is -1.80. The van der Waals surface area contributed by atoms with Crippen molar-refractivity contribution < 1.29 is 19.2 Å². The highest BCUT2D eigenvalue weighted by atomic mass is 16.2. The molecule has 4 amide bonds. The molecule has 18 heavy (non-hydrogen) atoms. The van der Waals surface area contributed by atoms with Crippen LogP contribution in [0.15, 0.2) is 0 Å². The second-order valence-electron chi connectivity index (χ2n) is 3.64. The largest absolute Gasteiger partial charge is 0.334 e. The third kappa shape index (κ3) is 4.22. The number of hydrogen-bond acceptors (Lipinski definition) is 6. The average Bonchev–Trinajstić information content (AvgIpc) is 2.35. The molecule has 0 aliphatic rings. The molecule has 0 aromatic carbocycles. The molecule has 0 fully saturated rings. The predicted molar refractivity (Wildman–Crippen MR) is 61.9 cm³/mol. The first-order chi connectivity index (χ1) is 8.36. The molecule has 0 bridgehead atoms. The maximum Gasteiger partial charge on any atom is 0.334 e. The van der Waals surface area contributed by atoms with Gasteiger partial charge in [-0.05, 0) is 12.8 Å². The van der Waals surface area contributed by atoms with Crippen LogP contribution in [0.1, 0.15) is 39.5 Å². The molecular weight excluding hydrogens is 240 g/mol. The van der Waals surface area contributed by atoms with Crippen LogP contribution < -0.4 is 11.7 Å². The molecule has 0 unspecified atom stereocenters. The zero-order chi connectivity index (χ0) is 14.3. The van der Waals surface area contributed by atoms with Crippen molar-refractivity contribution in [3.8, 4) is 0 Å². The Bertz CT molecular complexity index is 322. The van der Waals surface area contributed by atoms with Crippen LogP contribution in [0.25, 0.3) is 0 Å². The van der Waals surface area contributed by atoms with Crippen molar-refractivity contribution in [2.75, 3.05) is 0 Å². The first-order valence-electron chi connectivity index (χ1n) is 5.60. The molecule has 102 valence electrons. The Morgan fingerprint density at radius 2 is 1.06 bits per heavy atom. The van der Waals surface area contributed by atoms with Crippen LogP contribution >= 0.6 is 0 Å². The highest BCUT2D eigenvalue weighted by Crippen LogP contribution is 1.98. The van der Waals surface area contributed by atoms with Crippen LogP contribution in [0.3, 0.4) is 0 Å². The van der Waals surface area contributed by atoms with Crippen molar-refractivity contribution in [1.29, 1.82) is 0 Å². The Morgan fingerprint density at radius 1 is 0.778 bits per heavy atom. The Morgan fingerprint density at radius 3 is 1.28 bits per heavy atom. The molecule has 0 saturated heterocycles. The molecule has 0 atom stereocenters. The topological polar surface area (TPSA) is 127 Å². The van der Waals surface area contributed by atoms with Crippen LogP contribution in [-0.2, 0) is 19.2 Å². The van der Waals surface area contributed by atoms with Gasteiger partial charge in [0, 0.05) is 12.8 Å². The standard InChI is InChI=1S/C10H18N4O4/c1-3-5-7(15)13(11)9(17)10(18)14(12)8(16)6-4-2/h3-6,11-12H2,1-2H3. The van der Waals surface area contributed by atoms with Crippen molar-refractivity contribution in [3.05, 3.63) is 0 Å². The van der Waals surface area contributed by atoms with Crippen LogP contribution in [0.4, 0.5) is 0 Å². The van der Waals surface area contributed by atoms with Gasteiger partial charge in [-0.1, -0.05) is 13.8 Å². The van der Waals surface area contributed by atoms with Gasteiger partial charge in [-0.25, -0.2) is 21.7 Å². The lowest BCUT2D eigenvalue weighted by Gasteiger charge is -2.17. The number of nitrogens with two attached hydrogens (primary N) is 2. The number of amides is 4. The molecule has 0 aromatic rings. The smallest absolute Gasteiger partial charge is 0.273 e. The fourth-order valence-electron chi connectivity index (χ4n) is 1.10. The number of carbonyl (C=O) groups excluding carboxylic acids is 4. The van der Waals surface area contributed by atoms with Gasteiger partial charge in [0.1, 0.15) is 0 Å². The third-order valence-corrected chi connectivity index (χ3v) is 2.09. The number of rotatable bonds is 4. The van der Waals surface area contributed by atoms with E-state index >= 15 is 0 Å². The summed E-state index contributed by atoms with van der Waals surface area (Å²) in [4.78, 5) is 45.5. The average molecular weight is 258 g/mol. The molecule has 0 aliphatic heterocycles. The minimum atomic E-state index is -1.32. The minimum absolute atomic E-state index is 0.0308. The molecule has 0 heterocycles. The van der Waals surface area contributed by atoms with Gasteiger partial charge in [0.05, 0.1) is 0 Å². The van der Waals surface area contributed by atoms with E-state index in [4.69, 9.17) is 11.7 Å². The molecule has 0 aromatic heterocycles. The van der Waals surface area contributed by atoms with Crippen molar-refractivity contribution in [2.45, 2.75) is 39.5 Å². The lowest BCUT2D eigenvalue weighted by Crippen LogP contribution is -2.54. The Labute approximate surface area is 105 Å². The Kier molecular flexibility index (Phi) is 6.76. The summed E-state index contributed by atoms with van der Waals surface area (Å²) in [5.41, 5.74) is 0. The lowest BCUT2D eigenvalue weighted by molar-refractivity contribution is -0.160. The van der Waals surface area contributed by atoms with Gasteiger partial charge in [-0.15, -0.1) is 0 Å². The summed E-state index contributed by atoms with van der Waals surface area (Å²) in [5, 5.41) is 0.371. The first kappa shape index (κ1) is 16.2. The van der Waals surface area contributed by atoms with Gasteiger partial charge in [0.2, 0.25) is 11.8 Å². The van der Waals surface area contributed by atoms with E-state index in [0.717, 1.165) is 0 Å². The fraction of sp³-hybridized carbons (Fsp3) is 0.600. The molecule has 8 nitrogen and oxygen atoms in total. The summed E-state index contributed by atoms with van der Waals surface area (Å²) in [7, 11) is 0. The van der Waals surface area contributed by atoms with Gasteiger partial charge < -0.3 is 0 Å². The van der Waals surface area contributed by atoms with Crippen LogP contribution in [0.5, 0.6) is 0 Å². The zero-order valence-electron chi connectivity index (χ0n) is 10.5. The predicted octanol–water partition coefficient (Wildman–Crippen LogP) is -0.956. The Balaban J connectivity index is 4.64. The molecule has 0 rings (SSSR count). The molecule has 0 radical (unpaired) electrons. The zero-order valence-corrected chi connectivity index (χ0v) is 10.5. The van der Waals surface area contributed by atoms with Gasteiger partial charge in [-0.2, -0.15) is 0 Å². The van der Waals surface area contributed by atoms with Crippen molar-refractivity contribution in [3.63, 3.8) is 0 Å². The van der Waals surface area contributed by atoms with Gasteiger partial charge in [0.25, 0.3) is 0 Å². The monoisotopic (exact) mass is 258 g/mol. The second kappa shape index (κ2) is 7.51. The van der Waals surface area contributed by atoms with Gasteiger partial charge in [0.15, 0.2) is 0 Å². The first-order valence-corrected chi connectivity index (χ1v) is 5.60. The van der Waals surface area contributed by atoms with E-state index < -0.39 is 23.6 Å². The van der Waals surface area contributed by atoms with Crippen LogP contribution in [-0.4, -0.2) is 33.6 Å². The van der Waals surface area contributed by atoms with E-state index in [1.54, 1.807) is 13.8 Å². The maximum atomic E-state index is 11.5. The number of hydrogen-bond donors (Lipinski definition) is 2. The number of nitrogens with zero attached hydrogens (tertiary/aromatic N) is 2. The lowest BCUT2D eigenvalue weighted by atomic mass is 10.3. The van der Waals surface area contributed by atoms with Gasteiger partial charge in [-0.3, -0.25) is 19.2 Å². The highest BCUT2D eigenvalue weighted by Gasteiger charge is 2.30. The van der Waals surface area contributed by atoms with E-state index in [2.05, 4.69) is 0 Å². The normalized spacial score (nSPS) is 9.78. The summed E-state index contributed by atoms with van der Waals surface area (Å²) in [6, 6.07) is 0. The summed E-state index contributed by atoms with van der Waals surface area (Å²) in [5.74, 6) is 6.32. The van der Waals surface area contributed by atoms with Crippen molar-refractivity contribution >= 4 is 23.6 Å².